The van der Waals surface area contributed by atoms with E-state index in [1.807, 2.05) is 55.5 Å². The molecule has 0 aliphatic carbocycles. The first kappa shape index (κ1) is 20.7. The zero-order valence-electron chi connectivity index (χ0n) is 16.1. The summed E-state index contributed by atoms with van der Waals surface area (Å²) >= 11 is 0. The molecule has 0 saturated heterocycles. The Morgan fingerprint density at radius 3 is 2.15 bits per heavy atom. The molecule has 2 aromatic rings. The van der Waals surface area contributed by atoms with E-state index in [1.165, 1.54) is 5.56 Å². The van der Waals surface area contributed by atoms with Crippen molar-refractivity contribution in [2.45, 2.75) is 45.6 Å². The van der Waals surface area contributed by atoms with Crippen LogP contribution in [0.5, 0.6) is 0 Å². The number of hydrogen-bond acceptors (Lipinski definition) is 4. The van der Waals surface area contributed by atoms with Crippen molar-refractivity contribution < 1.29 is 14.3 Å². The molecule has 0 atom stereocenters. The van der Waals surface area contributed by atoms with Gasteiger partial charge in [-0.05, 0) is 37.3 Å². The SMILES string of the molecule is CCOC(=O)CCCCC(=NCCc1ccccc1)OCc1ccccc1. The van der Waals surface area contributed by atoms with Gasteiger partial charge in [-0.2, -0.15) is 0 Å². The second-order valence-electron chi connectivity index (χ2n) is 6.30. The van der Waals surface area contributed by atoms with Crippen LogP contribution >= 0.6 is 0 Å². The highest BCUT2D eigenvalue weighted by molar-refractivity contribution is 5.76. The fraction of sp³-hybridized carbons (Fsp3) is 0.391. The van der Waals surface area contributed by atoms with Gasteiger partial charge >= 0.3 is 5.97 Å². The molecule has 4 nitrogen and oxygen atoms in total. The second kappa shape index (κ2) is 12.7. The number of unbranched alkanes of at least 4 members (excludes halogenated alkanes) is 1. The molecular formula is C23H29NO3. The van der Waals surface area contributed by atoms with Gasteiger partial charge < -0.3 is 9.47 Å². The molecule has 0 heterocycles. The number of rotatable bonds is 11. The lowest BCUT2D eigenvalue weighted by atomic mass is 10.1. The normalized spacial score (nSPS) is 11.2. The number of carbonyl (C=O) groups excluding carboxylic acids is 1. The van der Waals surface area contributed by atoms with Crippen molar-refractivity contribution in [2.24, 2.45) is 4.99 Å². The lowest BCUT2D eigenvalue weighted by Gasteiger charge is -2.10. The average Bonchev–Trinajstić information content (AvgIpc) is 2.70. The second-order valence-corrected chi connectivity index (χ2v) is 6.30. The van der Waals surface area contributed by atoms with Crippen molar-refractivity contribution in [3.05, 3.63) is 71.8 Å². The number of aliphatic imine (C=N–C) groups is 1. The maximum absolute atomic E-state index is 11.4. The average molecular weight is 367 g/mol. The standard InChI is InChI=1S/C23H29NO3/c1-2-26-23(25)16-10-9-15-22(27-19-21-13-7-4-8-14-21)24-18-17-20-11-5-3-6-12-20/h3-8,11-14H,2,9-10,15-19H2,1H3. The number of carbonyl (C=O) groups is 1. The predicted molar refractivity (Wildman–Crippen MR) is 109 cm³/mol. The lowest BCUT2D eigenvalue weighted by Crippen LogP contribution is -2.08. The smallest absolute Gasteiger partial charge is 0.305 e. The summed E-state index contributed by atoms with van der Waals surface area (Å²) in [6.45, 7) is 3.48. The number of ether oxygens (including phenoxy) is 2. The Balaban J connectivity index is 1.82. The Kier molecular flexibility index (Phi) is 9.72. The molecule has 0 amide bonds. The molecule has 144 valence electrons. The summed E-state index contributed by atoms with van der Waals surface area (Å²) in [5.74, 6) is 0.629. The molecule has 0 N–H and O–H groups in total. The van der Waals surface area contributed by atoms with E-state index in [4.69, 9.17) is 9.47 Å². The zero-order chi connectivity index (χ0) is 19.2. The largest absolute Gasteiger partial charge is 0.476 e. The van der Waals surface area contributed by atoms with Gasteiger partial charge in [-0.25, -0.2) is 0 Å². The van der Waals surface area contributed by atoms with Crippen LogP contribution < -0.4 is 0 Å². The summed E-state index contributed by atoms with van der Waals surface area (Å²) in [6, 6.07) is 20.4. The van der Waals surface area contributed by atoms with E-state index in [2.05, 4.69) is 17.1 Å². The molecule has 0 saturated carbocycles. The minimum absolute atomic E-state index is 0.134. The Morgan fingerprint density at radius 2 is 1.48 bits per heavy atom. The number of hydrogen-bond donors (Lipinski definition) is 0. The van der Waals surface area contributed by atoms with Crippen molar-refractivity contribution in [1.29, 1.82) is 0 Å². The van der Waals surface area contributed by atoms with E-state index in [1.54, 1.807) is 0 Å². The molecule has 27 heavy (non-hydrogen) atoms. The van der Waals surface area contributed by atoms with Gasteiger partial charge in [-0.3, -0.25) is 9.79 Å². The summed E-state index contributed by atoms with van der Waals surface area (Å²) in [7, 11) is 0. The topological polar surface area (TPSA) is 47.9 Å². The maximum Gasteiger partial charge on any atom is 0.305 e. The van der Waals surface area contributed by atoms with Crippen molar-refractivity contribution >= 4 is 11.9 Å². The quantitative estimate of drug-likeness (QED) is 0.244. The highest BCUT2D eigenvalue weighted by Gasteiger charge is 2.05. The molecular weight excluding hydrogens is 338 g/mol. The molecule has 2 rings (SSSR count). The summed E-state index contributed by atoms with van der Waals surface area (Å²) in [5, 5.41) is 0. The predicted octanol–water partition coefficient (Wildman–Crippen LogP) is 4.97. The van der Waals surface area contributed by atoms with Crippen LogP contribution in [0.15, 0.2) is 65.7 Å². The van der Waals surface area contributed by atoms with Crippen LogP contribution in [-0.2, 0) is 27.3 Å². The van der Waals surface area contributed by atoms with Crippen LogP contribution in [0, 0.1) is 0 Å². The number of benzene rings is 2. The highest BCUT2D eigenvalue weighted by atomic mass is 16.5. The van der Waals surface area contributed by atoms with Gasteiger partial charge in [0, 0.05) is 19.4 Å². The van der Waals surface area contributed by atoms with E-state index in [0.717, 1.165) is 37.1 Å². The first-order valence-electron chi connectivity index (χ1n) is 9.67. The summed E-state index contributed by atoms with van der Waals surface area (Å²) in [5.41, 5.74) is 2.39. The van der Waals surface area contributed by atoms with Gasteiger partial charge in [0.15, 0.2) is 5.90 Å². The molecule has 0 radical (unpaired) electrons. The van der Waals surface area contributed by atoms with Crippen LogP contribution in [0.25, 0.3) is 0 Å². The number of esters is 1. The van der Waals surface area contributed by atoms with Crippen LogP contribution in [0.2, 0.25) is 0 Å². The Hall–Kier alpha value is -2.62. The Morgan fingerprint density at radius 1 is 0.852 bits per heavy atom. The first-order valence-corrected chi connectivity index (χ1v) is 9.67. The van der Waals surface area contributed by atoms with Crippen molar-refractivity contribution in [1.82, 2.24) is 0 Å². The Labute approximate surface area is 162 Å². The van der Waals surface area contributed by atoms with Crippen LogP contribution in [0.4, 0.5) is 0 Å². The Bertz CT molecular complexity index is 683. The molecule has 0 aliphatic rings. The molecule has 0 fully saturated rings. The molecule has 0 spiro atoms. The van der Waals surface area contributed by atoms with Gasteiger partial charge in [0.1, 0.15) is 6.61 Å². The van der Waals surface area contributed by atoms with Gasteiger partial charge in [-0.1, -0.05) is 60.7 Å². The van der Waals surface area contributed by atoms with Crippen LogP contribution in [0.1, 0.15) is 43.7 Å². The third kappa shape index (κ3) is 9.04. The van der Waals surface area contributed by atoms with Crippen molar-refractivity contribution in [2.75, 3.05) is 13.2 Å². The third-order valence-corrected chi connectivity index (χ3v) is 4.11. The maximum atomic E-state index is 11.4. The minimum atomic E-state index is -0.134. The summed E-state index contributed by atoms with van der Waals surface area (Å²) in [6.07, 6.45) is 3.72. The molecule has 0 bridgehead atoms. The van der Waals surface area contributed by atoms with Crippen LogP contribution in [-0.4, -0.2) is 25.0 Å². The molecule has 0 aliphatic heterocycles. The summed E-state index contributed by atoms with van der Waals surface area (Å²) in [4.78, 5) is 16.1. The van der Waals surface area contributed by atoms with Gasteiger partial charge in [0.25, 0.3) is 0 Å². The molecule has 4 heteroatoms. The van der Waals surface area contributed by atoms with Gasteiger partial charge in [-0.15, -0.1) is 0 Å². The van der Waals surface area contributed by atoms with Crippen LogP contribution in [0.3, 0.4) is 0 Å². The summed E-state index contributed by atoms with van der Waals surface area (Å²) < 4.78 is 10.9. The zero-order valence-corrected chi connectivity index (χ0v) is 16.1. The van der Waals surface area contributed by atoms with E-state index < -0.39 is 0 Å². The van der Waals surface area contributed by atoms with E-state index in [-0.39, 0.29) is 5.97 Å². The third-order valence-electron chi connectivity index (χ3n) is 4.11. The first-order chi connectivity index (χ1) is 13.3. The molecule has 0 aromatic heterocycles. The van der Waals surface area contributed by atoms with Crippen molar-refractivity contribution in [3.63, 3.8) is 0 Å². The number of nitrogens with zero attached hydrogens (tertiary/aromatic N) is 1. The minimum Gasteiger partial charge on any atom is -0.476 e. The van der Waals surface area contributed by atoms with E-state index >= 15 is 0 Å². The fourth-order valence-electron chi connectivity index (χ4n) is 2.67. The van der Waals surface area contributed by atoms with E-state index in [0.29, 0.717) is 26.2 Å². The van der Waals surface area contributed by atoms with E-state index in [9.17, 15) is 4.79 Å². The van der Waals surface area contributed by atoms with Crippen molar-refractivity contribution in [3.8, 4) is 0 Å². The lowest BCUT2D eigenvalue weighted by molar-refractivity contribution is -0.143. The highest BCUT2D eigenvalue weighted by Crippen LogP contribution is 2.08. The van der Waals surface area contributed by atoms with Gasteiger partial charge in [0.2, 0.25) is 0 Å². The fourth-order valence-corrected chi connectivity index (χ4v) is 2.67. The van der Waals surface area contributed by atoms with Gasteiger partial charge in [0.05, 0.1) is 6.61 Å². The monoisotopic (exact) mass is 367 g/mol. The molecule has 0 unspecified atom stereocenters. The molecule has 2 aromatic carbocycles.